The molecule has 4 nitrogen and oxygen atoms in total. The lowest BCUT2D eigenvalue weighted by Crippen LogP contribution is -2.18. The molecule has 14 heavy (non-hydrogen) atoms. The molecule has 0 saturated heterocycles. The van der Waals surface area contributed by atoms with E-state index >= 15 is 0 Å². The van der Waals surface area contributed by atoms with E-state index in [4.69, 9.17) is 15.2 Å². The van der Waals surface area contributed by atoms with Gasteiger partial charge in [0.15, 0.2) is 11.5 Å². The molecular formula is C10H11NO3. The number of amides is 1. The molecule has 1 aromatic rings. The van der Waals surface area contributed by atoms with Crippen LogP contribution >= 0.6 is 0 Å². The zero-order valence-electron chi connectivity index (χ0n) is 7.82. The van der Waals surface area contributed by atoms with E-state index in [0.29, 0.717) is 11.5 Å². The summed E-state index contributed by atoms with van der Waals surface area (Å²) >= 11 is 0. The molecule has 1 unspecified atom stereocenters. The predicted molar refractivity (Wildman–Crippen MR) is 50.2 cm³/mol. The van der Waals surface area contributed by atoms with Crippen molar-refractivity contribution in [3.05, 3.63) is 23.8 Å². The number of primary amides is 1. The number of hydrogen-bond acceptors (Lipinski definition) is 3. The fourth-order valence-electron chi connectivity index (χ4n) is 1.35. The van der Waals surface area contributed by atoms with E-state index in [9.17, 15) is 4.79 Å². The van der Waals surface area contributed by atoms with Crippen LogP contribution in [0.15, 0.2) is 18.2 Å². The molecule has 4 heteroatoms. The summed E-state index contributed by atoms with van der Waals surface area (Å²) in [6.45, 7) is 2.00. The van der Waals surface area contributed by atoms with Crippen molar-refractivity contribution >= 4 is 5.91 Å². The fraction of sp³-hybridized carbons (Fsp3) is 0.300. The summed E-state index contributed by atoms with van der Waals surface area (Å²) in [7, 11) is 0. The predicted octanol–water partition coefficient (Wildman–Crippen LogP) is 1.00. The van der Waals surface area contributed by atoms with Crippen LogP contribution < -0.4 is 15.2 Å². The molecule has 0 spiro atoms. The topological polar surface area (TPSA) is 61.6 Å². The van der Waals surface area contributed by atoms with Crippen molar-refractivity contribution in [2.45, 2.75) is 12.8 Å². The van der Waals surface area contributed by atoms with Crippen LogP contribution in [0.1, 0.15) is 18.4 Å². The summed E-state index contributed by atoms with van der Waals surface area (Å²) in [5.41, 5.74) is 6.05. The Hall–Kier alpha value is -1.71. The fourth-order valence-corrected chi connectivity index (χ4v) is 1.35. The van der Waals surface area contributed by atoms with Crippen molar-refractivity contribution < 1.29 is 14.3 Å². The molecule has 2 rings (SSSR count). The van der Waals surface area contributed by atoms with Crippen LogP contribution in [0, 0.1) is 0 Å². The zero-order valence-corrected chi connectivity index (χ0v) is 7.82. The normalized spacial score (nSPS) is 15.2. The molecule has 0 aromatic heterocycles. The van der Waals surface area contributed by atoms with Gasteiger partial charge in [0.1, 0.15) is 0 Å². The van der Waals surface area contributed by atoms with Gasteiger partial charge in [-0.3, -0.25) is 4.79 Å². The summed E-state index contributed by atoms with van der Waals surface area (Å²) in [4.78, 5) is 11.0. The summed E-state index contributed by atoms with van der Waals surface area (Å²) in [5.74, 6) is 0.745. The largest absolute Gasteiger partial charge is 0.454 e. The van der Waals surface area contributed by atoms with Gasteiger partial charge in [0.25, 0.3) is 0 Å². The minimum atomic E-state index is -0.344. The average molecular weight is 193 g/mol. The Morgan fingerprint density at radius 2 is 2.14 bits per heavy atom. The smallest absolute Gasteiger partial charge is 0.231 e. The third-order valence-electron chi connectivity index (χ3n) is 2.32. The number of hydrogen-bond donors (Lipinski definition) is 1. The van der Waals surface area contributed by atoms with Crippen molar-refractivity contribution in [1.82, 2.24) is 0 Å². The minimum absolute atomic E-state index is 0.240. The van der Waals surface area contributed by atoms with Gasteiger partial charge in [-0.25, -0.2) is 0 Å². The molecule has 0 fully saturated rings. The Bertz CT molecular complexity index is 376. The molecule has 1 aromatic carbocycles. The molecular weight excluding hydrogens is 182 g/mol. The molecule has 1 aliphatic heterocycles. The summed E-state index contributed by atoms with van der Waals surface area (Å²) in [6, 6.07) is 5.40. The van der Waals surface area contributed by atoms with Gasteiger partial charge in [-0.05, 0) is 24.6 Å². The molecule has 74 valence electrons. The Morgan fingerprint density at radius 3 is 2.86 bits per heavy atom. The second-order valence-corrected chi connectivity index (χ2v) is 3.24. The van der Waals surface area contributed by atoms with E-state index in [2.05, 4.69) is 0 Å². The Labute approximate surface area is 81.6 Å². The minimum Gasteiger partial charge on any atom is -0.454 e. The van der Waals surface area contributed by atoms with Gasteiger partial charge in [0.05, 0.1) is 5.92 Å². The van der Waals surface area contributed by atoms with Crippen LogP contribution in [0.25, 0.3) is 0 Å². The van der Waals surface area contributed by atoms with Crippen LogP contribution in [0.4, 0.5) is 0 Å². The van der Waals surface area contributed by atoms with E-state index < -0.39 is 0 Å². The quantitative estimate of drug-likeness (QED) is 0.762. The standard InChI is InChI=1S/C10H11NO3/c1-6(10(11)12)7-2-3-8-9(4-7)14-5-13-8/h2-4,6H,5H2,1H3,(H2,11,12). The first-order valence-corrected chi connectivity index (χ1v) is 4.37. The molecule has 0 aliphatic carbocycles. The third-order valence-corrected chi connectivity index (χ3v) is 2.32. The van der Waals surface area contributed by atoms with Crippen LogP contribution in [-0.4, -0.2) is 12.7 Å². The highest BCUT2D eigenvalue weighted by molar-refractivity contribution is 5.81. The Morgan fingerprint density at radius 1 is 1.43 bits per heavy atom. The van der Waals surface area contributed by atoms with Gasteiger partial charge < -0.3 is 15.2 Å². The van der Waals surface area contributed by atoms with Crippen molar-refractivity contribution in [1.29, 1.82) is 0 Å². The van der Waals surface area contributed by atoms with Gasteiger partial charge in [-0.2, -0.15) is 0 Å². The number of ether oxygens (including phenoxy) is 2. The molecule has 1 atom stereocenters. The van der Waals surface area contributed by atoms with Crippen LogP contribution in [0.3, 0.4) is 0 Å². The molecule has 1 aliphatic rings. The van der Waals surface area contributed by atoms with E-state index in [0.717, 1.165) is 5.56 Å². The maximum absolute atomic E-state index is 11.0. The number of carbonyl (C=O) groups excluding carboxylic acids is 1. The van der Waals surface area contributed by atoms with Crippen molar-refractivity contribution in [3.8, 4) is 11.5 Å². The van der Waals surface area contributed by atoms with Gasteiger partial charge in [-0.1, -0.05) is 6.07 Å². The number of fused-ring (bicyclic) bond motifs is 1. The third kappa shape index (κ3) is 1.39. The zero-order chi connectivity index (χ0) is 10.1. The lowest BCUT2D eigenvalue weighted by molar-refractivity contribution is -0.119. The van der Waals surface area contributed by atoms with E-state index in [1.54, 1.807) is 19.1 Å². The molecule has 0 saturated carbocycles. The van der Waals surface area contributed by atoms with Gasteiger partial charge in [0.2, 0.25) is 12.7 Å². The SMILES string of the molecule is CC(C(N)=O)c1ccc2c(c1)OCO2. The van der Waals surface area contributed by atoms with Crippen LogP contribution in [0.2, 0.25) is 0 Å². The summed E-state index contributed by atoms with van der Waals surface area (Å²) in [6.07, 6.45) is 0. The molecule has 1 heterocycles. The highest BCUT2D eigenvalue weighted by Crippen LogP contribution is 2.34. The van der Waals surface area contributed by atoms with Crippen LogP contribution in [0.5, 0.6) is 11.5 Å². The Balaban J connectivity index is 2.33. The summed E-state index contributed by atoms with van der Waals surface area (Å²) < 4.78 is 10.3. The molecule has 0 radical (unpaired) electrons. The van der Waals surface area contributed by atoms with E-state index in [-0.39, 0.29) is 18.6 Å². The highest BCUT2D eigenvalue weighted by Gasteiger charge is 2.17. The first-order chi connectivity index (χ1) is 6.68. The lowest BCUT2D eigenvalue weighted by Gasteiger charge is -2.07. The van der Waals surface area contributed by atoms with Gasteiger partial charge >= 0.3 is 0 Å². The van der Waals surface area contributed by atoms with E-state index in [1.165, 1.54) is 0 Å². The maximum Gasteiger partial charge on any atom is 0.231 e. The van der Waals surface area contributed by atoms with Crippen LogP contribution in [-0.2, 0) is 4.79 Å². The van der Waals surface area contributed by atoms with E-state index in [1.807, 2.05) is 6.07 Å². The summed E-state index contributed by atoms with van der Waals surface area (Å²) in [5, 5.41) is 0. The number of rotatable bonds is 2. The maximum atomic E-state index is 11.0. The van der Waals surface area contributed by atoms with Crippen molar-refractivity contribution in [3.63, 3.8) is 0 Å². The first-order valence-electron chi connectivity index (χ1n) is 4.37. The van der Waals surface area contributed by atoms with Crippen molar-refractivity contribution in [2.24, 2.45) is 5.73 Å². The number of benzene rings is 1. The van der Waals surface area contributed by atoms with Crippen molar-refractivity contribution in [2.75, 3.05) is 6.79 Å². The van der Waals surface area contributed by atoms with Gasteiger partial charge in [0, 0.05) is 0 Å². The monoisotopic (exact) mass is 193 g/mol. The lowest BCUT2D eigenvalue weighted by atomic mass is 10.0. The first kappa shape index (κ1) is 8.87. The second-order valence-electron chi connectivity index (χ2n) is 3.24. The number of nitrogens with two attached hydrogens (primary N) is 1. The second kappa shape index (κ2) is 3.21. The van der Waals surface area contributed by atoms with Gasteiger partial charge in [-0.15, -0.1) is 0 Å². The highest BCUT2D eigenvalue weighted by atomic mass is 16.7. The number of carbonyl (C=O) groups is 1. The average Bonchev–Trinajstić information content (AvgIpc) is 2.62. The molecule has 0 bridgehead atoms. The molecule has 1 amide bonds. The Kier molecular flexibility index (Phi) is 2.04. The molecule has 2 N–H and O–H groups in total.